The van der Waals surface area contributed by atoms with E-state index in [4.69, 9.17) is 8.83 Å². The minimum Gasteiger partial charge on any atom is -0.472 e. The molecular weight excluding hydrogens is 484 g/mol. The Kier molecular flexibility index (Phi) is 6.13. The summed E-state index contributed by atoms with van der Waals surface area (Å²) in [6.07, 6.45) is 16.0. The minimum atomic E-state index is -0.506. The molecule has 5 saturated heterocycles. The zero-order chi connectivity index (χ0) is 25.4. The summed E-state index contributed by atoms with van der Waals surface area (Å²) in [5.41, 5.74) is 2.20. The molecule has 7 heteroatoms. The zero-order valence-electron chi connectivity index (χ0n) is 22.2. The molecule has 0 bridgehead atoms. The van der Waals surface area contributed by atoms with Crippen molar-refractivity contribution >= 4 is 11.8 Å². The van der Waals surface area contributed by atoms with E-state index in [0.717, 1.165) is 50.7 Å². The highest BCUT2D eigenvalue weighted by Crippen LogP contribution is 2.63. The van der Waals surface area contributed by atoms with E-state index in [2.05, 4.69) is 35.8 Å². The summed E-state index contributed by atoms with van der Waals surface area (Å²) in [7, 11) is 0. The second kappa shape index (κ2) is 9.16. The first-order valence-electron chi connectivity index (χ1n) is 14.5. The summed E-state index contributed by atoms with van der Waals surface area (Å²) in [5.74, 6) is 2.10. The van der Waals surface area contributed by atoms with Gasteiger partial charge in [0, 0.05) is 46.5 Å². The summed E-state index contributed by atoms with van der Waals surface area (Å²) in [6, 6.07) is 5.38. The third kappa shape index (κ3) is 3.75. The molecule has 7 heterocycles. The summed E-state index contributed by atoms with van der Waals surface area (Å²) < 4.78 is 10.7. The highest BCUT2D eigenvalue weighted by molar-refractivity contribution is 8.01. The van der Waals surface area contributed by atoms with E-state index in [1.807, 2.05) is 24.3 Å². The standard InChI is InChI=1S/C30H42N2O4S/c1-19-3-5-25(21-9-13-35-15-21)31-23(19)7-11-29(27(31)33)17-30(37-18-29)12-8-24-20(2)4-6-26(32(24)28(30)34)22-10-14-36-16-22/h9-10,13-16,19-20,23-28,33-34H,3-8,11-12,17-18H2,1-2H3/t19-,20-,23+,24+,25?,26?,27-,28-,29-,30+/m1/s1. The molecule has 0 amide bonds. The number of piperidine rings is 4. The average Bonchev–Trinajstić information content (AvgIpc) is 3.68. The summed E-state index contributed by atoms with van der Waals surface area (Å²) >= 11 is 1.96. The Hall–Kier alpha value is -1.25. The van der Waals surface area contributed by atoms with E-state index in [0.29, 0.717) is 23.9 Å². The van der Waals surface area contributed by atoms with Crippen LogP contribution in [0.15, 0.2) is 46.0 Å². The maximum absolute atomic E-state index is 12.2. The van der Waals surface area contributed by atoms with E-state index in [1.165, 1.54) is 24.0 Å². The van der Waals surface area contributed by atoms with Gasteiger partial charge in [-0.2, -0.15) is 11.8 Å². The predicted octanol–water partition coefficient (Wildman–Crippen LogP) is 5.94. The first-order valence-corrected chi connectivity index (χ1v) is 15.5. The van der Waals surface area contributed by atoms with Crippen LogP contribution in [0.1, 0.15) is 94.8 Å². The average molecular weight is 527 g/mol. The number of furan rings is 2. The van der Waals surface area contributed by atoms with Gasteiger partial charge >= 0.3 is 0 Å². The van der Waals surface area contributed by atoms with Gasteiger partial charge in [0.15, 0.2) is 0 Å². The number of rotatable bonds is 2. The monoisotopic (exact) mass is 526 g/mol. The fourth-order valence-corrected chi connectivity index (χ4v) is 11.0. The van der Waals surface area contributed by atoms with Gasteiger partial charge in [-0.1, -0.05) is 13.8 Å². The molecule has 202 valence electrons. The number of nitrogens with zero attached hydrogens (tertiary/aromatic N) is 2. The number of aliphatic hydroxyl groups excluding tert-OH is 2. The van der Waals surface area contributed by atoms with Crippen molar-refractivity contribution in [2.75, 3.05) is 5.75 Å². The molecule has 6 nitrogen and oxygen atoms in total. The maximum Gasteiger partial charge on any atom is 0.122 e. The lowest BCUT2D eigenvalue weighted by atomic mass is 9.65. The Balaban J connectivity index is 1.18. The van der Waals surface area contributed by atoms with Crippen molar-refractivity contribution in [1.29, 1.82) is 0 Å². The minimum absolute atomic E-state index is 0.180. The first kappa shape index (κ1) is 24.8. The molecule has 2 N–H and O–H groups in total. The van der Waals surface area contributed by atoms with E-state index in [-0.39, 0.29) is 22.2 Å². The van der Waals surface area contributed by atoms with E-state index < -0.39 is 12.5 Å². The van der Waals surface area contributed by atoms with Crippen LogP contribution < -0.4 is 0 Å². The molecule has 0 aromatic carbocycles. The second-order valence-corrected chi connectivity index (χ2v) is 14.4. The molecular formula is C30H42N2O4S. The molecule has 37 heavy (non-hydrogen) atoms. The molecule has 5 aliphatic heterocycles. The Morgan fingerprint density at radius 2 is 1.35 bits per heavy atom. The molecule has 2 spiro atoms. The predicted molar refractivity (Wildman–Crippen MR) is 144 cm³/mol. The third-order valence-corrected chi connectivity index (χ3v) is 13.0. The molecule has 7 rings (SSSR count). The van der Waals surface area contributed by atoms with Crippen molar-refractivity contribution in [2.24, 2.45) is 17.3 Å². The van der Waals surface area contributed by atoms with Gasteiger partial charge in [0.05, 0.1) is 29.8 Å². The maximum atomic E-state index is 12.2. The van der Waals surface area contributed by atoms with Crippen molar-refractivity contribution in [2.45, 2.75) is 113 Å². The molecule has 5 aliphatic rings. The number of thioether (sulfide) groups is 1. The van der Waals surface area contributed by atoms with Crippen molar-refractivity contribution in [3.63, 3.8) is 0 Å². The van der Waals surface area contributed by atoms with Gasteiger partial charge < -0.3 is 19.0 Å². The van der Waals surface area contributed by atoms with Crippen LogP contribution >= 0.6 is 11.8 Å². The Bertz CT molecular complexity index is 993. The number of hydrogen-bond acceptors (Lipinski definition) is 7. The Morgan fingerprint density at radius 3 is 1.92 bits per heavy atom. The van der Waals surface area contributed by atoms with Gasteiger partial charge in [-0.3, -0.25) is 9.80 Å². The van der Waals surface area contributed by atoms with Crippen molar-refractivity contribution < 1.29 is 19.0 Å². The third-order valence-electron chi connectivity index (χ3n) is 11.1. The van der Waals surface area contributed by atoms with Crippen LogP contribution in [0, 0.1) is 17.3 Å². The fraction of sp³-hybridized carbons (Fsp3) is 0.733. The Labute approximate surface area is 224 Å². The van der Waals surface area contributed by atoms with Crippen LogP contribution in [0.25, 0.3) is 0 Å². The van der Waals surface area contributed by atoms with Crippen LogP contribution in [0.4, 0.5) is 0 Å². The quantitative estimate of drug-likeness (QED) is 0.501. The molecule has 2 aromatic rings. The lowest BCUT2D eigenvalue weighted by Crippen LogP contribution is -2.64. The highest BCUT2D eigenvalue weighted by Gasteiger charge is 2.63. The zero-order valence-corrected chi connectivity index (χ0v) is 23.0. The van der Waals surface area contributed by atoms with Gasteiger partial charge in [0.1, 0.15) is 12.5 Å². The van der Waals surface area contributed by atoms with Crippen LogP contribution in [0.2, 0.25) is 0 Å². The lowest BCUT2D eigenvalue weighted by Gasteiger charge is -2.58. The largest absolute Gasteiger partial charge is 0.472 e. The van der Waals surface area contributed by atoms with E-state index in [1.54, 1.807) is 12.5 Å². The molecule has 0 aliphatic carbocycles. The number of hydrogen-bond donors (Lipinski definition) is 2. The molecule has 0 saturated carbocycles. The lowest BCUT2D eigenvalue weighted by molar-refractivity contribution is -0.191. The summed E-state index contributed by atoms with van der Waals surface area (Å²) in [4.78, 5) is 4.90. The van der Waals surface area contributed by atoms with E-state index in [9.17, 15) is 10.2 Å². The van der Waals surface area contributed by atoms with Crippen LogP contribution in [0.5, 0.6) is 0 Å². The van der Waals surface area contributed by atoms with Crippen LogP contribution in [-0.4, -0.2) is 55.1 Å². The van der Waals surface area contributed by atoms with Crippen LogP contribution in [0.3, 0.4) is 0 Å². The molecule has 5 fully saturated rings. The van der Waals surface area contributed by atoms with Gasteiger partial charge in [0.2, 0.25) is 0 Å². The molecule has 2 unspecified atom stereocenters. The van der Waals surface area contributed by atoms with Gasteiger partial charge in [-0.25, -0.2) is 0 Å². The number of aliphatic hydroxyl groups is 2. The number of fused-ring (bicyclic) bond motifs is 2. The van der Waals surface area contributed by atoms with Crippen molar-refractivity contribution in [3.8, 4) is 0 Å². The normalized spacial score (nSPS) is 46.8. The Morgan fingerprint density at radius 1 is 0.784 bits per heavy atom. The van der Waals surface area contributed by atoms with Crippen molar-refractivity contribution in [3.05, 3.63) is 48.3 Å². The first-order chi connectivity index (χ1) is 17.9. The van der Waals surface area contributed by atoms with Crippen molar-refractivity contribution in [1.82, 2.24) is 9.80 Å². The molecule has 0 radical (unpaired) electrons. The highest BCUT2D eigenvalue weighted by atomic mass is 32.2. The molecule has 2 aromatic heterocycles. The fourth-order valence-electron chi connectivity index (χ4n) is 9.06. The van der Waals surface area contributed by atoms with Gasteiger partial charge in [0.25, 0.3) is 0 Å². The summed E-state index contributed by atoms with van der Waals surface area (Å²) in [5, 5.41) is 24.4. The topological polar surface area (TPSA) is 73.2 Å². The van der Waals surface area contributed by atoms with Gasteiger partial charge in [-0.05, 0) is 81.8 Å². The van der Waals surface area contributed by atoms with Crippen LogP contribution in [-0.2, 0) is 0 Å². The SMILES string of the molecule is C[C@@H]1CCC(c2ccoc2)N2[C@H]1CC[C@@]1(CS[C@@]3(CC[C@H]4[C@H](C)CCC(c5ccoc5)N4[C@@H]3O)C1)[C@H]2O. The van der Waals surface area contributed by atoms with Gasteiger partial charge in [-0.15, -0.1) is 0 Å². The van der Waals surface area contributed by atoms with E-state index >= 15 is 0 Å². The smallest absolute Gasteiger partial charge is 0.122 e. The second-order valence-electron chi connectivity index (χ2n) is 13.0. The summed E-state index contributed by atoms with van der Waals surface area (Å²) in [6.45, 7) is 4.72. The molecule has 10 atom stereocenters.